The number of Topliss-reactive ketones (excluding diaryl/α,β-unsaturated/α-hetero) is 1. The van der Waals surface area contributed by atoms with Crippen LogP contribution in [-0.2, 0) is 4.79 Å². The molecule has 5 atom stereocenters. The van der Waals surface area contributed by atoms with Gasteiger partial charge in [0.25, 0.3) is 0 Å². The van der Waals surface area contributed by atoms with E-state index < -0.39 is 0 Å². The van der Waals surface area contributed by atoms with Crippen molar-refractivity contribution >= 4 is 5.78 Å². The zero-order chi connectivity index (χ0) is 11.1. The second-order valence-corrected chi connectivity index (χ2v) is 5.32. The Hall–Kier alpha value is -0.890. The van der Waals surface area contributed by atoms with Crippen molar-refractivity contribution in [3.63, 3.8) is 0 Å². The van der Waals surface area contributed by atoms with Crippen LogP contribution in [0.3, 0.4) is 0 Å². The van der Waals surface area contributed by atoms with Crippen molar-refractivity contribution in [1.29, 1.82) is 0 Å². The van der Waals surface area contributed by atoms with Crippen molar-refractivity contribution in [1.82, 2.24) is 0 Å². The molecular formula is C14H18O2. The highest BCUT2D eigenvalue weighted by molar-refractivity contribution is 5.87. The molecule has 0 aromatic carbocycles. The maximum absolute atomic E-state index is 12.3. The number of carbonyl (C=O) groups excluding carboxylic acids is 1. The molecule has 0 saturated heterocycles. The van der Waals surface area contributed by atoms with Gasteiger partial charge in [-0.1, -0.05) is 37.1 Å². The summed E-state index contributed by atoms with van der Waals surface area (Å²) in [5, 5.41) is 10.4. The van der Waals surface area contributed by atoms with E-state index in [2.05, 4.69) is 0 Å². The average molecular weight is 218 g/mol. The molecule has 86 valence electrons. The molecule has 0 bridgehead atoms. The molecule has 0 aromatic rings. The first kappa shape index (κ1) is 10.3. The van der Waals surface area contributed by atoms with E-state index in [4.69, 9.17) is 0 Å². The van der Waals surface area contributed by atoms with Gasteiger partial charge in [0, 0.05) is 17.8 Å². The van der Waals surface area contributed by atoms with Crippen molar-refractivity contribution < 1.29 is 9.90 Å². The zero-order valence-electron chi connectivity index (χ0n) is 9.38. The fraction of sp³-hybridized carbons (Fsp3) is 0.643. The number of rotatable bonds is 0. The van der Waals surface area contributed by atoms with Crippen LogP contribution >= 0.6 is 0 Å². The van der Waals surface area contributed by atoms with Gasteiger partial charge in [-0.3, -0.25) is 4.79 Å². The summed E-state index contributed by atoms with van der Waals surface area (Å²) in [6.07, 6.45) is 11.9. The first-order valence-corrected chi connectivity index (χ1v) is 6.36. The van der Waals surface area contributed by atoms with Gasteiger partial charge in [0.05, 0.1) is 6.10 Å². The van der Waals surface area contributed by atoms with Gasteiger partial charge in [-0.25, -0.2) is 0 Å². The van der Waals surface area contributed by atoms with E-state index in [-0.39, 0.29) is 29.8 Å². The lowest BCUT2D eigenvalue weighted by molar-refractivity contribution is -0.140. The summed E-state index contributed by atoms with van der Waals surface area (Å²) in [6.45, 7) is 0. The van der Waals surface area contributed by atoms with Crippen molar-refractivity contribution in [2.24, 2.45) is 23.7 Å². The summed E-state index contributed by atoms with van der Waals surface area (Å²) in [7, 11) is 0. The summed E-state index contributed by atoms with van der Waals surface area (Å²) in [6, 6.07) is 0. The fourth-order valence-electron chi connectivity index (χ4n) is 3.69. The molecule has 0 spiro atoms. The van der Waals surface area contributed by atoms with E-state index in [1.54, 1.807) is 0 Å². The second kappa shape index (κ2) is 3.85. The average Bonchev–Trinajstić information content (AvgIpc) is 2.36. The number of fused-ring (bicyclic) bond motifs is 2. The zero-order valence-corrected chi connectivity index (χ0v) is 9.38. The lowest BCUT2D eigenvalue weighted by Gasteiger charge is -2.45. The summed E-state index contributed by atoms with van der Waals surface area (Å²) in [5.74, 6) is 0.705. The Bertz CT molecular complexity index is 356. The Balaban J connectivity index is 1.93. The number of ketones is 1. The minimum atomic E-state index is -0.311. The van der Waals surface area contributed by atoms with E-state index in [0.29, 0.717) is 5.78 Å². The molecule has 2 nitrogen and oxygen atoms in total. The van der Waals surface area contributed by atoms with Crippen LogP contribution in [-0.4, -0.2) is 17.0 Å². The molecule has 1 N–H and O–H groups in total. The number of aliphatic hydroxyl groups excluding tert-OH is 1. The maximum atomic E-state index is 12.3. The summed E-state index contributed by atoms with van der Waals surface area (Å²) in [5.41, 5.74) is 0. The molecule has 2 fully saturated rings. The van der Waals surface area contributed by atoms with Crippen LogP contribution in [0.25, 0.3) is 0 Å². The lowest BCUT2D eigenvalue weighted by Crippen LogP contribution is -2.50. The van der Waals surface area contributed by atoms with Gasteiger partial charge in [0.2, 0.25) is 0 Å². The highest BCUT2D eigenvalue weighted by Gasteiger charge is 2.48. The molecule has 0 heterocycles. The fourth-order valence-corrected chi connectivity index (χ4v) is 3.69. The van der Waals surface area contributed by atoms with Gasteiger partial charge in [0.1, 0.15) is 5.78 Å². The van der Waals surface area contributed by atoms with Crippen LogP contribution < -0.4 is 0 Å². The van der Waals surface area contributed by atoms with E-state index in [9.17, 15) is 9.90 Å². The molecule has 3 rings (SSSR count). The standard InChI is InChI=1S/C14H18O2/c15-13-9-5-1-2-6-10(9)14(16)12-8-4-3-7-11(12)13/h1-2,5-6,9-13,15H,3-4,7-8H2. The molecule has 16 heavy (non-hydrogen) atoms. The molecule has 0 aromatic heterocycles. The molecule has 0 aliphatic heterocycles. The Labute approximate surface area is 96.0 Å². The highest BCUT2D eigenvalue weighted by atomic mass is 16.3. The quantitative estimate of drug-likeness (QED) is 0.676. The third-order valence-electron chi connectivity index (χ3n) is 4.52. The molecule has 0 amide bonds. The van der Waals surface area contributed by atoms with Crippen molar-refractivity contribution in [2.45, 2.75) is 31.8 Å². The monoisotopic (exact) mass is 218 g/mol. The van der Waals surface area contributed by atoms with Gasteiger partial charge in [0.15, 0.2) is 0 Å². The summed E-state index contributed by atoms with van der Waals surface area (Å²) in [4.78, 5) is 12.3. The Morgan fingerprint density at radius 3 is 2.75 bits per heavy atom. The largest absolute Gasteiger partial charge is 0.392 e. The second-order valence-electron chi connectivity index (χ2n) is 5.32. The third kappa shape index (κ3) is 1.40. The molecule has 2 heteroatoms. The number of carbonyl (C=O) groups is 1. The van der Waals surface area contributed by atoms with Gasteiger partial charge in [-0.15, -0.1) is 0 Å². The van der Waals surface area contributed by atoms with Gasteiger partial charge in [-0.2, -0.15) is 0 Å². The maximum Gasteiger partial charge on any atom is 0.143 e. The predicted molar refractivity (Wildman–Crippen MR) is 61.7 cm³/mol. The first-order chi connectivity index (χ1) is 7.79. The SMILES string of the molecule is O=C1C2C=CC=CC2C(O)C2CCCCC12. The van der Waals surface area contributed by atoms with Crippen LogP contribution in [0.4, 0.5) is 0 Å². The van der Waals surface area contributed by atoms with Gasteiger partial charge >= 0.3 is 0 Å². The first-order valence-electron chi connectivity index (χ1n) is 6.36. The molecule has 2 saturated carbocycles. The van der Waals surface area contributed by atoms with Crippen LogP contribution in [0.2, 0.25) is 0 Å². The topological polar surface area (TPSA) is 37.3 Å². The van der Waals surface area contributed by atoms with Crippen molar-refractivity contribution in [3.05, 3.63) is 24.3 Å². The normalized spacial score (nSPS) is 46.3. The Morgan fingerprint density at radius 2 is 1.88 bits per heavy atom. The minimum absolute atomic E-state index is 0.0388. The van der Waals surface area contributed by atoms with Crippen molar-refractivity contribution in [3.8, 4) is 0 Å². The molecule has 3 aliphatic rings. The summed E-state index contributed by atoms with van der Waals surface area (Å²) >= 11 is 0. The Kier molecular flexibility index (Phi) is 2.47. The van der Waals surface area contributed by atoms with E-state index >= 15 is 0 Å². The van der Waals surface area contributed by atoms with Crippen LogP contribution in [0.1, 0.15) is 25.7 Å². The molecular weight excluding hydrogens is 200 g/mol. The smallest absolute Gasteiger partial charge is 0.143 e. The van der Waals surface area contributed by atoms with E-state index in [1.807, 2.05) is 24.3 Å². The lowest BCUT2D eigenvalue weighted by atomic mass is 9.60. The van der Waals surface area contributed by atoms with E-state index in [1.165, 1.54) is 6.42 Å². The van der Waals surface area contributed by atoms with Gasteiger partial charge in [-0.05, 0) is 18.8 Å². The summed E-state index contributed by atoms with van der Waals surface area (Å²) < 4.78 is 0. The number of aliphatic hydroxyl groups is 1. The van der Waals surface area contributed by atoms with Crippen LogP contribution in [0.5, 0.6) is 0 Å². The number of allylic oxidation sites excluding steroid dienone is 3. The number of hydrogen-bond acceptors (Lipinski definition) is 2. The van der Waals surface area contributed by atoms with Crippen molar-refractivity contribution in [2.75, 3.05) is 0 Å². The highest BCUT2D eigenvalue weighted by Crippen LogP contribution is 2.45. The Morgan fingerprint density at radius 1 is 1.12 bits per heavy atom. The molecule has 3 aliphatic carbocycles. The van der Waals surface area contributed by atoms with Crippen LogP contribution in [0.15, 0.2) is 24.3 Å². The van der Waals surface area contributed by atoms with Crippen LogP contribution in [0, 0.1) is 23.7 Å². The van der Waals surface area contributed by atoms with Gasteiger partial charge < -0.3 is 5.11 Å². The molecule has 5 unspecified atom stereocenters. The predicted octanol–water partition coefficient (Wildman–Crippen LogP) is 2.09. The minimum Gasteiger partial charge on any atom is -0.392 e. The van der Waals surface area contributed by atoms with E-state index in [0.717, 1.165) is 19.3 Å². The molecule has 0 radical (unpaired) electrons. The number of hydrogen-bond donors (Lipinski definition) is 1. The third-order valence-corrected chi connectivity index (χ3v) is 4.52.